The number of thiazole rings is 1. The molecule has 0 radical (unpaired) electrons. The molecule has 21 nitrogen and oxygen atoms in total. The minimum atomic E-state index is -5.15. The summed E-state index contributed by atoms with van der Waals surface area (Å²) in [6.45, 7) is 11.1. The molecular formula is C40H47N9O12S2. The fourth-order valence-electron chi connectivity index (χ4n) is 6.11. The molecule has 3 heterocycles. The molecule has 2 fully saturated rings. The third-order valence-corrected chi connectivity index (χ3v) is 10.9. The fourth-order valence-corrected chi connectivity index (χ4v) is 7.66. The summed E-state index contributed by atoms with van der Waals surface area (Å²) < 4.78 is 51.5. The van der Waals surface area contributed by atoms with Crippen LogP contribution in [0.3, 0.4) is 0 Å². The Labute approximate surface area is 366 Å². The molecule has 2 aliphatic rings. The molecule has 0 bridgehead atoms. The number of ether oxygens (including phenoxy) is 3. The van der Waals surface area contributed by atoms with E-state index in [1.165, 1.54) is 5.38 Å². The summed E-state index contributed by atoms with van der Waals surface area (Å²) in [5.41, 5.74) is -1.95. The van der Waals surface area contributed by atoms with Gasteiger partial charge in [0, 0.05) is 18.2 Å². The first kappa shape index (κ1) is 46.1. The lowest BCUT2D eigenvalue weighted by Crippen LogP contribution is -2.73. The van der Waals surface area contributed by atoms with E-state index in [1.807, 2.05) is 36.4 Å². The van der Waals surface area contributed by atoms with E-state index in [-0.39, 0.29) is 40.2 Å². The van der Waals surface area contributed by atoms with Crippen molar-refractivity contribution >= 4 is 62.5 Å². The van der Waals surface area contributed by atoms with Gasteiger partial charge in [0.15, 0.2) is 16.9 Å². The van der Waals surface area contributed by atoms with Gasteiger partial charge in [-0.1, -0.05) is 65.8 Å². The number of nitrogens with zero attached hydrogens (tertiary/aromatic N) is 6. The van der Waals surface area contributed by atoms with E-state index in [4.69, 9.17) is 19.0 Å². The van der Waals surface area contributed by atoms with E-state index in [2.05, 4.69) is 36.3 Å². The van der Waals surface area contributed by atoms with E-state index >= 15 is 0 Å². The summed E-state index contributed by atoms with van der Waals surface area (Å²) in [6.07, 6.45) is -2.04. The molecule has 23 heteroatoms. The third kappa shape index (κ3) is 11.7. The molecule has 336 valence electrons. The van der Waals surface area contributed by atoms with Crippen molar-refractivity contribution in [1.29, 1.82) is 0 Å². The molecule has 4 amide bonds. The van der Waals surface area contributed by atoms with Gasteiger partial charge in [0.1, 0.15) is 34.7 Å². The van der Waals surface area contributed by atoms with E-state index in [0.717, 1.165) is 16.1 Å². The molecule has 0 unspecified atom stereocenters. The highest BCUT2D eigenvalue weighted by atomic mass is 32.2. The Kier molecular flexibility index (Phi) is 13.2. The van der Waals surface area contributed by atoms with Crippen LogP contribution in [0.5, 0.6) is 0 Å². The van der Waals surface area contributed by atoms with Crippen molar-refractivity contribution in [2.45, 2.75) is 109 Å². The molecule has 0 spiro atoms. The number of hydrogen-bond donors (Lipinski definition) is 4. The number of rotatable bonds is 15. The second kappa shape index (κ2) is 18.1. The molecule has 2 atom stereocenters. The number of oxime groups is 1. The van der Waals surface area contributed by atoms with Crippen LogP contribution in [0.15, 0.2) is 71.2 Å². The van der Waals surface area contributed by atoms with Crippen LogP contribution in [0.1, 0.15) is 88.7 Å². The predicted molar refractivity (Wildman–Crippen MR) is 224 cm³/mol. The monoisotopic (exact) mass is 909 g/mol. The molecule has 2 aromatic carbocycles. The second-order valence-electron chi connectivity index (χ2n) is 16.6. The summed E-state index contributed by atoms with van der Waals surface area (Å²) in [4.78, 5) is 77.3. The van der Waals surface area contributed by atoms with Crippen LogP contribution in [0.4, 0.5) is 14.7 Å². The molecule has 6 rings (SSSR count). The van der Waals surface area contributed by atoms with Gasteiger partial charge in [-0.25, -0.2) is 23.7 Å². The Morgan fingerprint density at radius 2 is 1.52 bits per heavy atom. The largest absolute Gasteiger partial charge is 0.450 e. The van der Waals surface area contributed by atoms with Crippen molar-refractivity contribution in [3.63, 3.8) is 0 Å². The SMILES string of the molecule is Cc1nn(C[C@@H]2[C@H](NC(=O)/C(=N/OC3(C(=O)OC(c4ccccc4)c4ccccc4)CC3)c3csc(NC(=O)OC(C)(C)C)n3)C(=O)N2S(=O)(=O)O)nc1CNC(=O)OC(C)(C)C. The first-order chi connectivity index (χ1) is 29.5. The number of carbonyl (C=O) groups excluding carboxylic acids is 5. The van der Waals surface area contributed by atoms with Crippen molar-refractivity contribution in [3.8, 4) is 0 Å². The molecule has 1 saturated heterocycles. The standard InChI is InChI=1S/C40H47N9O12S2/c1-23-26(20-41-36(53)59-38(2,3)4)46-48(45-23)21-28-30(33(51)49(28)63(55,56)57)43-32(50)29(27-22-62-35(42-27)44-37(54)60-39(5,6)7)47-61-40(18-19-40)34(52)58-31(24-14-10-8-11-15-24)25-16-12-9-13-17-25/h8-17,22,28,30-31H,18-21H2,1-7H3,(H,41,53)(H,43,50)(H,42,44,54)(H,55,56,57)/b47-29+/t28-,30+/m1/s1. The number of amides is 4. The zero-order chi connectivity index (χ0) is 45.9. The fraction of sp³-hybridized carbons (Fsp3) is 0.425. The molecule has 1 aliphatic carbocycles. The zero-order valence-electron chi connectivity index (χ0n) is 35.3. The Bertz CT molecular complexity index is 2450. The summed E-state index contributed by atoms with van der Waals surface area (Å²) in [7, 11) is -5.15. The van der Waals surface area contributed by atoms with Crippen LogP contribution >= 0.6 is 11.3 Å². The maximum Gasteiger partial charge on any atom is 0.413 e. The predicted octanol–water partition coefficient (Wildman–Crippen LogP) is 4.20. The van der Waals surface area contributed by atoms with E-state index in [1.54, 1.807) is 72.7 Å². The smallest absolute Gasteiger partial charge is 0.413 e. The number of carbonyl (C=O) groups is 5. The molecule has 1 saturated carbocycles. The average Bonchev–Trinajstić information content (AvgIpc) is 3.71. The number of aromatic nitrogens is 4. The van der Waals surface area contributed by atoms with Crippen molar-refractivity contribution < 1.29 is 56.0 Å². The summed E-state index contributed by atoms with van der Waals surface area (Å²) in [5.74, 6) is -3.08. The Morgan fingerprint density at radius 3 is 2.08 bits per heavy atom. The van der Waals surface area contributed by atoms with Crippen LogP contribution in [-0.2, 0) is 56.8 Å². The van der Waals surface area contributed by atoms with Crippen molar-refractivity contribution in [2.75, 3.05) is 5.32 Å². The van der Waals surface area contributed by atoms with Gasteiger partial charge in [0.2, 0.25) is 5.60 Å². The van der Waals surface area contributed by atoms with E-state index < -0.39 is 87.5 Å². The molecular weight excluding hydrogens is 863 g/mol. The van der Waals surface area contributed by atoms with Crippen LogP contribution < -0.4 is 16.0 Å². The maximum absolute atomic E-state index is 14.2. The normalized spacial score (nSPS) is 17.3. The number of esters is 1. The van der Waals surface area contributed by atoms with Gasteiger partial charge in [-0.2, -0.15) is 23.4 Å². The average molecular weight is 910 g/mol. The zero-order valence-corrected chi connectivity index (χ0v) is 37.0. The number of β-lactam (4-membered cyclic amide) rings is 1. The van der Waals surface area contributed by atoms with Gasteiger partial charge >= 0.3 is 28.5 Å². The summed E-state index contributed by atoms with van der Waals surface area (Å²) in [6, 6.07) is 15.0. The van der Waals surface area contributed by atoms with E-state index in [9.17, 15) is 36.9 Å². The molecule has 2 aromatic heterocycles. The summed E-state index contributed by atoms with van der Waals surface area (Å²) in [5, 5.41) is 21.4. The van der Waals surface area contributed by atoms with Crippen LogP contribution in [0, 0.1) is 6.92 Å². The number of hydrogen-bond acceptors (Lipinski definition) is 16. The number of nitrogens with one attached hydrogen (secondary N) is 3. The van der Waals surface area contributed by atoms with E-state index in [0.29, 0.717) is 16.8 Å². The van der Waals surface area contributed by atoms with Crippen molar-refractivity contribution in [2.24, 2.45) is 5.16 Å². The van der Waals surface area contributed by atoms with Gasteiger partial charge in [-0.05, 0) is 59.6 Å². The Balaban J connectivity index is 1.25. The third-order valence-electron chi connectivity index (χ3n) is 9.16. The lowest BCUT2D eigenvalue weighted by Gasteiger charge is -2.43. The topological polar surface area (TPSA) is 272 Å². The lowest BCUT2D eigenvalue weighted by atomic mass is 9.98. The van der Waals surface area contributed by atoms with Crippen LogP contribution in [-0.4, -0.2) is 102 Å². The lowest BCUT2D eigenvalue weighted by molar-refractivity contribution is -0.164. The number of alkyl carbamates (subject to hydrolysis) is 1. The van der Waals surface area contributed by atoms with Crippen LogP contribution in [0.2, 0.25) is 0 Å². The molecule has 63 heavy (non-hydrogen) atoms. The summed E-state index contributed by atoms with van der Waals surface area (Å²) >= 11 is 0.893. The number of anilines is 1. The van der Waals surface area contributed by atoms with Gasteiger partial charge in [0.05, 0.1) is 18.8 Å². The quantitative estimate of drug-likeness (QED) is 0.0325. The van der Waals surface area contributed by atoms with Gasteiger partial charge < -0.3 is 29.7 Å². The first-order valence-corrected chi connectivity index (χ1v) is 21.8. The number of benzene rings is 2. The first-order valence-electron chi connectivity index (χ1n) is 19.5. The highest BCUT2D eigenvalue weighted by Gasteiger charge is 2.57. The second-order valence-corrected chi connectivity index (χ2v) is 18.7. The van der Waals surface area contributed by atoms with Gasteiger partial charge in [0.25, 0.3) is 11.8 Å². The van der Waals surface area contributed by atoms with Gasteiger partial charge in [-0.15, -0.1) is 11.3 Å². The Hall–Kier alpha value is -6.46. The van der Waals surface area contributed by atoms with Crippen LogP contribution in [0.25, 0.3) is 0 Å². The van der Waals surface area contributed by atoms with Crippen molar-refractivity contribution in [1.82, 2.24) is 34.9 Å². The number of aryl methyl sites for hydroxylation is 1. The molecule has 1 aliphatic heterocycles. The van der Waals surface area contributed by atoms with Gasteiger partial charge in [-0.3, -0.25) is 19.5 Å². The minimum absolute atomic E-state index is 0.0129. The molecule has 4 N–H and O–H groups in total. The Morgan fingerprint density at radius 1 is 0.937 bits per heavy atom. The van der Waals surface area contributed by atoms with Crippen molar-refractivity contribution in [3.05, 3.63) is 94.3 Å². The highest BCUT2D eigenvalue weighted by molar-refractivity contribution is 7.84. The highest BCUT2D eigenvalue weighted by Crippen LogP contribution is 2.43. The molecule has 4 aromatic rings. The minimum Gasteiger partial charge on any atom is -0.450 e. The maximum atomic E-state index is 14.2.